The van der Waals surface area contributed by atoms with Crippen LogP contribution in [0.1, 0.15) is 24.3 Å². The monoisotopic (exact) mass is 367 g/mol. The highest BCUT2D eigenvalue weighted by Gasteiger charge is 2.33. The molecule has 0 aliphatic carbocycles. The Morgan fingerprint density at radius 3 is 2.70 bits per heavy atom. The lowest BCUT2D eigenvalue weighted by Gasteiger charge is -2.37. The number of likely N-dealkylation sites (tertiary alicyclic amines) is 1. The van der Waals surface area contributed by atoms with Gasteiger partial charge in [0.15, 0.2) is 11.5 Å². The van der Waals surface area contributed by atoms with Gasteiger partial charge in [0.2, 0.25) is 17.5 Å². The number of benzene rings is 1. The minimum atomic E-state index is 0.236. The molecule has 8 nitrogen and oxygen atoms in total. The molecule has 1 aromatic carbocycles. The van der Waals surface area contributed by atoms with E-state index in [1.165, 1.54) is 5.56 Å². The molecule has 0 atom stereocenters. The molecule has 1 aliphatic rings. The van der Waals surface area contributed by atoms with Gasteiger partial charge in [-0.2, -0.15) is 4.98 Å². The van der Waals surface area contributed by atoms with E-state index in [1.54, 1.807) is 25.6 Å². The minimum absolute atomic E-state index is 0.236. The Morgan fingerprint density at radius 1 is 1.15 bits per heavy atom. The summed E-state index contributed by atoms with van der Waals surface area (Å²) in [5.41, 5.74) is 1.18. The Morgan fingerprint density at radius 2 is 1.96 bits per heavy atom. The van der Waals surface area contributed by atoms with Crippen molar-refractivity contribution in [3.8, 4) is 23.1 Å². The molecule has 1 fully saturated rings. The van der Waals surface area contributed by atoms with Gasteiger partial charge in [-0.1, -0.05) is 11.2 Å². The van der Waals surface area contributed by atoms with Gasteiger partial charge in [0.05, 0.1) is 19.6 Å². The van der Waals surface area contributed by atoms with E-state index in [-0.39, 0.29) is 5.92 Å². The third-order valence-electron chi connectivity index (χ3n) is 4.45. The zero-order valence-electron chi connectivity index (χ0n) is 15.3. The molecule has 4 rings (SSSR count). The average Bonchev–Trinajstić information content (AvgIpc) is 3.16. The fourth-order valence-corrected chi connectivity index (χ4v) is 3.10. The van der Waals surface area contributed by atoms with Gasteiger partial charge in [-0.05, 0) is 30.7 Å². The Hall–Kier alpha value is -3.00. The largest absolute Gasteiger partial charge is 0.493 e. The van der Waals surface area contributed by atoms with Crippen LogP contribution in [0.15, 0.2) is 41.2 Å². The first-order chi connectivity index (χ1) is 13.3. The molecule has 2 aromatic heterocycles. The van der Waals surface area contributed by atoms with Gasteiger partial charge in [0, 0.05) is 32.0 Å². The lowest BCUT2D eigenvalue weighted by atomic mass is 9.99. The molecular weight excluding hydrogens is 346 g/mol. The topological polar surface area (TPSA) is 86.4 Å². The Kier molecular flexibility index (Phi) is 4.97. The second-order valence-electron chi connectivity index (χ2n) is 6.34. The molecule has 27 heavy (non-hydrogen) atoms. The summed E-state index contributed by atoms with van der Waals surface area (Å²) in [5, 5.41) is 3.99. The highest BCUT2D eigenvalue weighted by Crippen LogP contribution is 2.31. The molecule has 0 unspecified atom stereocenters. The van der Waals surface area contributed by atoms with Crippen LogP contribution < -0.4 is 9.47 Å². The first-order valence-electron chi connectivity index (χ1n) is 8.90. The quantitative estimate of drug-likeness (QED) is 0.630. The molecule has 0 spiro atoms. The van der Waals surface area contributed by atoms with E-state index in [2.05, 4.69) is 31.1 Å². The standard InChI is InChI=1S/C19H21N5O3/c1-3-26-15-6-5-13(9-16(15)25-2)10-24-11-14(12-24)19-22-18(23-27-19)17-20-7-4-8-21-17/h4-9,14H,3,10-12H2,1-2H3. The van der Waals surface area contributed by atoms with Crippen LogP contribution in [0.5, 0.6) is 11.5 Å². The highest BCUT2D eigenvalue weighted by molar-refractivity contribution is 5.43. The number of ether oxygens (including phenoxy) is 2. The first kappa shape index (κ1) is 17.4. The number of hydrogen-bond acceptors (Lipinski definition) is 8. The van der Waals surface area contributed by atoms with Gasteiger partial charge in [0.1, 0.15) is 0 Å². The molecule has 0 N–H and O–H groups in total. The zero-order chi connectivity index (χ0) is 18.6. The summed E-state index contributed by atoms with van der Waals surface area (Å²) in [6.45, 7) is 5.14. The molecule has 140 valence electrons. The van der Waals surface area contributed by atoms with E-state index >= 15 is 0 Å². The summed E-state index contributed by atoms with van der Waals surface area (Å²) < 4.78 is 16.4. The zero-order valence-corrected chi connectivity index (χ0v) is 15.3. The van der Waals surface area contributed by atoms with Crippen molar-refractivity contribution in [1.29, 1.82) is 0 Å². The van der Waals surface area contributed by atoms with Crippen molar-refractivity contribution >= 4 is 0 Å². The van der Waals surface area contributed by atoms with Gasteiger partial charge >= 0.3 is 0 Å². The van der Waals surface area contributed by atoms with Crippen molar-refractivity contribution in [2.24, 2.45) is 0 Å². The van der Waals surface area contributed by atoms with E-state index in [0.29, 0.717) is 24.1 Å². The van der Waals surface area contributed by atoms with Crippen molar-refractivity contribution in [3.63, 3.8) is 0 Å². The molecule has 3 heterocycles. The predicted octanol–water partition coefficient (Wildman–Crippen LogP) is 2.53. The summed E-state index contributed by atoms with van der Waals surface area (Å²) in [6, 6.07) is 7.80. The lowest BCUT2D eigenvalue weighted by Crippen LogP contribution is -2.44. The summed E-state index contributed by atoms with van der Waals surface area (Å²) >= 11 is 0. The van der Waals surface area contributed by atoms with Crippen molar-refractivity contribution in [2.45, 2.75) is 19.4 Å². The molecule has 1 saturated heterocycles. The fraction of sp³-hybridized carbons (Fsp3) is 0.368. The maximum Gasteiger partial charge on any atom is 0.240 e. The predicted molar refractivity (Wildman–Crippen MR) is 97.5 cm³/mol. The van der Waals surface area contributed by atoms with Crippen molar-refractivity contribution in [1.82, 2.24) is 25.0 Å². The van der Waals surface area contributed by atoms with Crippen LogP contribution in [0.2, 0.25) is 0 Å². The molecule has 3 aromatic rings. The molecule has 0 amide bonds. The summed E-state index contributed by atoms with van der Waals surface area (Å²) in [4.78, 5) is 15.0. The van der Waals surface area contributed by atoms with Crippen LogP contribution in [-0.2, 0) is 6.54 Å². The Balaban J connectivity index is 1.36. The Labute approximate surface area is 157 Å². The van der Waals surface area contributed by atoms with Crippen LogP contribution in [0, 0.1) is 0 Å². The molecule has 0 saturated carbocycles. The second-order valence-corrected chi connectivity index (χ2v) is 6.34. The van der Waals surface area contributed by atoms with Crippen LogP contribution in [0.25, 0.3) is 11.6 Å². The molecule has 0 bridgehead atoms. The van der Waals surface area contributed by atoms with Gasteiger partial charge in [-0.15, -0.1) is 0 Å². The van der Waals surface area contributed by atoms with Crippen LogP contribution >= 0.6 is 0 Å². The van der Waals surface area contributed by atoms with Gasteiger partial charge < -0.3 is 14.0 Å². The third-order valence-corrected chi connectivity index (χ3v) is 4.45. The van der Waals surface area contributed by atoms with E-state index in [4.69, 9.17) is 14.0 Å². The second kappa shape index (κ2) is 7.71. The third kappa shape index (κ3) is 3.75. The summed E-state index contributed by atoms with van der Waals surface area (Å²) in [5.74, 6) is 3.31. The molecule has 0 radical (unpaired) electrons. The number of aromatic nitrogens is 4. The SMILES string of the molecule is CCOc1ccc(CN2CC(c3nc(-c4ncccn4)no3)C2)cc1OC. The fourth-order valence-electron chi connectivity index (χ4n) is 3.10. The number of methoxy groups -OCH3 is 1. The summed E-state index contributed by atoms with van der Waals surface area (Å²) in [7, 11) is 1.66. The molecule has 8 heteroatoms. The number of rotatable bonds is 7. The molecule has 1 aliphatic heterocycles. The van der Waals surface area contributed by atoms with E-state index in [0.717, 1.165) is 31.1 Å². The lowest BCUT2D eigenvalue weighted by molar-refractivity contribution is 0.117. The number of hydrogen-bond donors (Lipinski definition) is 0. The number of nitrogens with zero attached hydrogens (tertiary/aromatic N) is 5. The normalized spacial score (nSPS) is 14.7. The van der Waals surface area contributed by atoms with Crippen molar-refractivity contribution in [2.75, 3.05) is 26.8 Å². The first-order valence-corrected chi connectivity index (χ1v) is 8.90. The smallest absolute Gasteiger partial charge is 0.240 e. The minimum Gasteiger partial charge on any atom is -0.493 e. The summed E-state index contributed by atoms with van der Waals surface area (Å²) in [6.07, 6.45) is 3.32. The van der Waals surface area contributed by atoms with Crippen LogP contribution in [0.4, 0.5) is 0 Å². The van der Waals surface area contributed by atoms with Crippen LogP contribution in [0.3, 0.4) is 0 Å². The average molecular weight is 367 g/mol. The van der Waals surface area contributed by atoms with Gasteiger partial charge in [-0.25, -0.2) is 9.97 Å². The maximum absolute atomic E-state index is 5.57. The van der Waals surface area contributed by atoms with Crippen LogP contribution in [-0.4, -0.2) is 51.8 Å². The molecular formula is C19H21N5O3. The van der Waals surface area contributed by atoms with Crippen molar-refractivity contribution in [3.05, 3.63) is 48.1 Å². The highest BCUT2D eigenvalue weighted by atomic mass is 16.5. The van der Waals surface area contributed by atoms with Gasteiger partial charge in [0.25, 0.3) is 0 Å². The van der Waals surface area contributed by atoms with E-state index < -0.39 is 0 Å². The van der Waals surface area contributed by atoms with E-state index in [9.17, 15) is 0 Å². The van der Waals surface area contributed by atoms with Gasteiger partial charge in [-0.3, -0.25) is 4.90 Å². The maximum atomic E-state index is 5.57. The van der Waals surface area contributed by atoms with Crippen molar-refractivity contribution < 1.29 is 14.0 Å². The Bertz CT molecular complexity index is 893. The van der Waals surface area contributed by atoms with E-state index in [1.807, 2.05) is 19.1 Å².